The topological polar surface area (TPSA) is 50.1 Å². The Morgan fingerprint density at radius 1 is 1.04 bits per heavy atom. The molecule has 0 radical (unpaired) electrons. The van der Waals surface area contributed by atoms with Crippen LogP contribution >= 0.6 is 0 Å². The Balaban J connectivity index is 1.51. The van der Waals surface area contributed by atoms with Gasteiger partial charge in [-0.1, -0.05) is 0 Å². The lowest BCUT2D eigenvalue weighted by atomic mass is 10.1. The molecule has 1 saturated heterocycles. The summed E-state index contributed by atoms with van der Waals surface area (Å²) < 4.78 is 29.8. The Morgan fingerprint density at radius 2 is 1.79 bits per heavy atom. The van der Waals surface area contributed by atoms with Crippen molar-refractivity contribution in [3.05, 3.63) is 59.7 Å². The first-order valence-electron chi connectivity index (χ1n) is 9.24. The van der Waals surface area contributed by atoms with Crippen LogP contribution in [0.1, 0.15) is 11.3 Å². The van der Waals surface area contributed by atoms with Gasteiger partial charge in [-0.15, -0.1) is 0 Å². The third-order valence-electron chi connectivity index (χ3n) is 5.27. The molecule has 0 N–H and O–H groups in total. The standard InChI is InChI=1S/C20H22F2N6/c1-14-15(12-25-26(14)2)13-27-7-9-28(10-8-27)20-19(23-5-6-24-20)17-11-16(21)3-4-18(17)22/h3-6,11-12H,7-10,13H2,1-2H3. The zero-order chi connectivity index (χ0) is 19.7. The summed E-state index contributed by atoms with van der Waals surface area (Å²) in [6, 6.07) is 3.40. The van der Waals surface area contributed by atoms with E-state index in [4.69, 9.17) is 0 Å². The summed E-state index contributed by atoms with van der Waals surface area (Å²) in [5, 5.41) is 4.30. The Hall–Kier alpha value is -2.87. The van der Waals surface area contributed by atoms with Gasteiger partial charge in [0.25, 0.3) is 0 Å². The van der Waals surface area contributed by atoms with E-state index in [1.807, 2.05) is 17.9 Å². The summed E-state index contributed by atoms with van der Waals surface area (Å²) in [5.74, 6) is -0.414. The summed E-state index contributed by atoms with van der Waals surface area (Å²) in [7, 11) is 1.94. The van der Waals surface area contributed by atoms with Crippen molar-refractivity contribution < 1.29 is 8.78 Å². The van der Waals surface area contributed by atoms with Gasteiger partial charge in [0.05, 0.1) is 6.20 Å². The van der Waals surface area contributed by atoms with Crippen molar-refractivity contribution in [2.24, 2.45) is 7.05 Å². The number of nitrogens with zero attached hydrogens (tertiary/aromatic N) is 6. The lowest BCUT2D eigenvalue weighted by molar-refractivity contribution is 0.249. The largest absolute Gasteiger partial charge is 0.352 e. The van der Waals surface area contributed by atoms with Gasteiger partial charge >= 0.3 is 0 Å². The molecule has 1 aliphatic rings. The van der Waals surface area contributed by atoms with Gasteiger partial charge in [0.2, 0.25) is 0 Å². The van der Waals surface area contributed by atoms with Gasteiger partial charge in [-0.05, 0) is 25.1 Å². The number of rotatable bonds is 4. The molecule has 146 valence electrons. The second kappa shape index (κ2) is 7.63. The fourth-order valence-corrected chi connectivity index (χ4v) is 3.49. The SMILES string of the molecule is Cc1c(CN2CCN(c3nccnc3-c3cc(F)ccc3F)CC2)cnn1C. The van der Waals surface area contributed by atoms with Crippen molar-refractivity contribution >= 4 is 5.82 Å². The number of aryl methyl sites for hydroxylation is 1. The number of aromatic nitrogens is 4. The number of anilines is 1. The van der Waals surface area contributed by atoms with Gasteiger partial charge in [0, 0.05) is 69.0 Å². The zero-order valence-electron chi connectivity index (χ0n) is 15.9. The van der Waals surface area contributed by atoms with Crippen LogP contribution in [-0.4, -0.2) is 50.8 Å². The number of piperazine rings is 1. The predicted octanol–water partition coefficient (Wildman–Crippen LogP) is 2.79. The van der Waals surface area contributed by atoms with Crippen molar-refractivity contribution in [1.29, 1.82) is 0 Å². The van der Waals surface area contributed by atoms with E-state index in [1.54, 1.807) is 6.20 Å². The van der Waals surface area contributed by atoms with Crippen molar-refractivity contribution in [2.75, 3.05) is 31.1 Å². The van der Waals surface area contributed by atoms with Gasteiger partial charge in [0.15, 0.2) is 5.82 Å². The van der Waals surface area contributed by atoms with E-state index in [0.717, 1.165) is 44.9 Å². The summed E-state index contributed by atoms with van der Waals surface area (Å²) in [6.07, 6.45) is 5.00. The summed E-state index contributed by atoms with van der Waals surface area (Å²) >= 11 is 0. The number of benzene rings is 1. The molecular formula is C20H22F2N6. The first-order valence-corrected chi connectivity index (χ1v) is 9.24. The number of hydrogen-bond donors (Lipinski definition) is 0. The molecule has 0 saturated carbocycles. The maximum absolute atomic E-state index is 14.3. The summed E-state index contributed by atoms with van der Waals surface area (Å²) in [4.78, 5) is 13.2. The molecule has 0 atom stereocenters. The monoisotopic (exact) mass is 384 g/mol. The van der Waals surface area contributed by atoms with Crippen molar-refractivity contribution in [2.45, 2.75) is 13.5 Å². The van der Waals surface area contributed by atoms with Crippen LogP contribution in [0.15, 0.2) is 36.8 Å². The minimum atomic E-state index is -0.506. The van der Waals surface area contributed by atoms with Gasteiger partial charge in [-0.2, -0.15) is 5.10 Å². The highest BCUT2D eigenvalue weighted by Crippen LogP contribution is 2.30. The maximum atomic E-state index is 14.3. The van der Waals surface area contributed by atoms with Gasteiger partial charge in [-0.3, -0.25) is 14.6 Å². The predicted molar refractivity (Wildman–Crippen MR) is 103 cm³/mol. The maximum Gasteiger partial charge on any atom is 0.155 e. The molecule has 1 aliphatic heterocycles. The normalized spacial score (nSPS) is 15.2. The van der Waals surface area contributed by atoms with E-state index in [1.165, 1.54) is 23.5 Å². The van der Waals surface area contributed by atoms with Crippen LogP contribution in [0.4, 0.5) is 14.6 Å². The van der Waals surface area contributed by atoms with Crippen LogP contribution in [0.3, 0.4) is 0 Å². The highest BCUT2D eigenvalue weighted by Gasteiger charge is 2.23. The van der Waals surface area contributed by atoms with Crippen LogP contribution in [0, 0.1) is 18.6 Å². The van der Waals surface area contributed by atoms with Crippen molar-refractivity contribution in [3.63, 3.8) is 0 Å². The molecule has 0 spiro atoms. The minimum Gasteiger partial charge on any atom is -0.352 e. The molecule has 0 bridgehead atoms. The first-order chi connectivity index (χ1) is 13.5. The molecule has 4 rings (SSSR count). The third-order valence-corrected chi connectivity index (χ3v) is 5.27. The van der Waals surface area contributed by atoms with E-state index in [-0.39, 0.29) is 5.56 Å². The average Bonchev–Trinajstić information content (AvgIpc) is 3.02. The number of halogens is 2. The molecule has 8 heteroatoms. The first kappa shape index (κ1) is 18.5. The molecule has 1 fully saturated rings. The average molecular weight is 384 g/mol. The summed E-state index contributed by atoms with van der Waals surface area (Å²) in [6.45, 7) is 6.08. The third kappa shape index (κ3) is 3.60. The quantitative estimate of drug-likeness (QED) is 0.692. The Bertz CT molecular complexity index is 979. The molecule has 2 aromatic heterocycles. The zero-order valence-corrected chi connectivity index (χ0v) is 15.9. The van der Waals surface area contributed by atoms with Gasteiger partial charge in [0.1, 0.15) is 17.3 Å². The van der Waals surface area contributed by atoms with Gasteiger partial charge in [-0.25, -0.2) is 13.8 Å². The Labute approximate surface area is 162 Å². The van der Waals surface area contributed by atoms with E-state index >= 15 is 0 Å². The molecule has 3 aromatic rings. The smallest absolute Gasteiger partial charge is 0.155 e. The van der Waals surface area contributed by atoms with E-state index < -0.39 is 11.6 Å². The van der Waals surface area contributed by atoms with Gasteiger partial charge < -0.3 is 4.90 Å². The molecule has 28 heavy (non-hydrogen) atoms. The molecule has 0 unspecified atom stereocenters. The van der Waals surface area contributed by atoms with E-state index in [2.05, 4.69) is 31.8 Å². The van der Waals surface area contributed by atoms with Crippen molar-refractivity contribution in [1.82, 2.24) is 24.6 Å². The molecule has 1 aromatic carbocycles. The van der Waals surface area contributed by atoms with E-state index in [0.29, 0.717) is 11.5 Å². The number of hydrogen-bond acceptors (Lipinski definition) is 5. The molecular weight excluding hydrogens is 362 g/mol. The van der Waals surface area contributed by atoms with Crippen LogP contribution in [-0.2, 0) is 13.6 Å². The van der Waals surface area contributed by atoms with Crippen LogP contribution in [0.5, 0.6) is 0 Å². The minimum absolute atomic E-state index is 0.136. The molecule has 6 nitrogen and oxygen atoms in total. The molecule has 0 aliphatic carbocycles. The van der Waals surface area contributed by atoms with E-state index in [9.17, 15) is 8.78 Å². The van der Waals surface area contributed by atoms with Crippen LogP contribution < -0.4 is 4.90 Å². The fourth-order valence-electron chi connectivity index (χ4n) is 3.49. The highest BCUT2D eigenvalue weighted by molar-refractivity contribution is 5.72. The molecule has 3 heterocycles. The van der Waals surface area contributed by atoms with Crippen LogP contribution in [0.25, 0.3) is 11.3 Å². The Morgan fingerprint density at radius 3 is 2.50 bits per heavy atom. The second-order valence-electron chi connectivity index (χ2n) is 6.99. The molecule has 0 amide bonds. The summed E-state index contributed by atoms with van der Waals surface area (Å²) in [5.41, 5.74) is 2.89. The second-order valence-corrected chi connectivity index (χ2v) is 6.99. The lowest BCUT2D eigenvalue weighted by Crippen LogP contribution is -2.46. The Kier molecular flexibility index (Phi) is 5.04. The highest BCUT2D eigenvalue weighted by atomic mass is 19.1. The fraction of sp³-hybridized carbons (Fsp3) is 0.350. The lowest BCUT2D eigenvalue weighted by Gasteiger charge is -2.35. The van der Waals surface area contributed by atoms with Crippen molar-refractivity contribution in [3.8, 4) is 11.3 Å². The van der Waals surface area contributed by atoms with Crippen LogP contribution in [0.2, 0.25) is 0 Å².